The second kappa shape index (κ2) is 7.00. The van der Waals surface area contributed by atoms with Gasteiger partial charge < -0.3 is 10.2 Å². The number of hydrogen-bond acceptors (Lipinski definition) is 2. The van der Waals surface area contributed by atoms with Crippen LogP contribution in [0.1, 0.15) is 73.1 Å². The van der Waals surface area contributed by atoms with Crippen LogP contribution in [-0.4, -0.2) is 37.1 Å². The Labute approximate surface area is 133 Å². The third kappa shape index (κ3) is 3.82. The zero-order valence-corrected chi connectivity index (χ0v) is 15.2. The highest BCUT2D eigenvalue weighted by Gasteiger charge is 2.42. The van der Waals surface area contributed by atoms with Gasteiger partial charge >= 0.3 is 0 Å². The molecule has 1 aliphatic heterocycles. The lowest BCUT2D eigenvalue weighted by Gasteiger charge is -2.42. The van der Waals surface area contributed by atoms with Crippen LogP contribution in [0.2, 0.25) is 0 Å². The predicted molar refractivity (Wildman–Crippen MR) is 92.7 cm³/mol. The van der Waals surface area contributed by atoms with E-state index in [-0.39, 0.29) is 0 Å². The van der Waals surface area contributed by atoms with Crippen LogP contribution in [0.5, 0.6) is 0 Å². The van der Waals surface area contributed by atoms with E-state index in [1.807, 2.05) is 0 Å². The molecule has 0 spiro atoms. The molecule has 2 aliphatic rings. The van der Waals surface area contributed by atoms with Crippen molar-refractivity contribution in [3.8, 4) is 0 Å². The van der Waals surface area contributed by atoms with E-state index in [9.17, 15) is 0 Å². The number of nitrogens with zero attached hydrogens (tertiary/aromatic N) is 1. The van der Waals surface area contributed by atoms with Crippen molar-refractivity contribution < 1.29 is 0 Å². The normalized spacial score (nSPS) is 32.4. The Balaban J connectivity index is 1.88. The molecule has 124 valence electrons. The highest BCUT2D eigenvalue weighted by atomic mass is 15.1. The number of rotatable bonds is 6. The Hall–Kier alpha value is -0.0800. The standard InChI is InChI=1S/C19H38N2/c1-6-19(7-2)11-13-21(14-12-19)15-16-9-10-18(4,5)17(16)20-8-3/h16-17,20H,6-15H2,1-5H3. The Morgan fingerprint density at radius 3 is 2.14 bits per heavy atom. The van der Waals surface area contributed by atoms with E-state index in [1.54, 1.807) is 0 Å². The Kier molecular flexibility index (Phi) is 5.76. The fraction of sp³-hybridized carbons (Fsp3) is 1.00. The third-order valence-electron chi connectivity index (χ3n) is 6.81. The molecule has 0 aromatic rings. The molecule has 0 radical (unpaired) electrons. The molecule has 2 fully saturated rings. The summed E-state index contributed by atoms with van der Waals surface area (Å²) in [5.41, 5.74) is 1.14. The van der Waals surface area contributed by atoms with Crippen molar-refractivity contribution >= 4 is 0 Å². The van der Waals surface area contributed by atoms with Gasteiger partial charge in [-0.15, -0.1) is 0 Å². The van der Waals surface area contributed by atoms with Crippen molar-refractivity contribution in [1.29, 1.82) is 0 Å². The van der Waals surface area contributed by atoms with Gasteiger partial charge in [-0.05, 0) is 62.1 Å². The van der Waals surface area contributed by atoms with Gasteiger partial charge in [0.1, 0.15) is 0 Å². The van der Waals surface area contributed by atoms with E-state index in [1.165, 1.54) is 58.2 Å². The predicted octanol–water partition coefficient (Wildman–Crippen LogP) is 4.30. The lowest BCUT2D eigenvalue weighted by molar-refractivity contribution is 0.0782. The van der Waals surface area contributed by atoms with Crippen molar-refractivity contribution in [3.63, 3.8) is 0 Å². The minimum Gasteiger partial charge on any atom is -0.313 e. The first kappa shape index (κ1) is 17.3. The maximum atomic E-state index is 3.79. The Morgan fingerprint density at radius 2 is 1.62 bits per heavy atom. The van der Waals surface area contributed by atoms with E-state index in [0.29, 0.717) is 16.9 Å². The molecule has 2 rings (SSSR count). The summed E-state index contributed by atoms with van der Waals surface area (Å²) in [6.07, 6.45) is 8.37. The number of hydrogen-bond donors (Lipinski definition) is 1. The second-order valence-corrected chi connectivity index (χ2v) is 8.33. The van der Waals surface area contributed by atoms with Crippen LogP contribution in [0.25, 0.3) is 0 Å². The summed E-state index contributed by atoms with van der Waals surface area (Å²) >= 11 is 0. The molecule has 2 atom stereocenters. The highest BCUT2D eigenvalue weighted by Crippen LogP contribution is 2.43. The summed E-state index contributed by atoms with van der Waals surface area (Å²) in [6.45, 7) is 17.0. The molecule has 2 heteroatoms. The van der Waals surface area contributed by atoms with Crippen molar-refractivity contribution in [2.45, 2.75) is 79.2 Å². The SMILES string of the molecule is CCNC1C(CN2CCC(CC)(CC)CC2)CCC1(C)C. The molecule has 21 heavy (non-hydrogen) atoms. The van der Waals surface area contributed by atoms with Crippen molar-refractivity contribution in [2.24, 2.45) is 16.7 Å². The molecular formula is C19H38N2. The third-order valence-corrected chi connectivity index (χ3v) is 6.81. The van der Waals surface area contributed by atoms with Crippen LogP contribution < -0.4 is 5.32 Å². The lowest BCUT2D eigenvalue weighted by Crippen LogP contribution is -2.48. The largest absolute Gasteiger partial charge is 0.313 e. The average Bonchev–Trinajstić information content (AvgIpc) is 2.76. The van der Waals surface area contributed by atoms with Crippen LogP contribution >= 0.6 is 0 Å². The number of piperidine rings is 1. The summed E-state index contributed by atoms with van der Waals surface area (Å²) in [7, 11) is 0. The van der Waals surface area contributed by atoms with Crippen LogP contribution in [-0.2, 0) is 0 Å². The summed E-state index contributed by atoms with van der Waals surface area (Å²) in [5, 5.41) is 3.79. The lowest BCUT2D eigenvalue weighted by atomic mass is 9.74. The highest BCUT2D eigenvalue weighted by molar-refractivity contribution is 4.97. The molecule has 0 bridgehead atoms. The molecule has 1 heterocycles. The molecule has 1 aliphatic carbocycles. The first-order valence-corrected chi connectivity index (χ1v) is 9.42. The quantitative estimate of drug-likeness (QED) is 0.785. The summed E-state index contributed by atoms with van der Waals surface area (Å²) in [6, 6.07) is 0.714. The van der Waals surface area contributed by atoms with Gasteiger partial charge in [0.05, 0.1) is 0 Å². The van der Waals surface area contributed by atoms with Gasteiger partial charge in [-0.25, -0.2) is 0 Å². The monoisotopic (exact) mass is 294 g/mol. The number of nitrogens with one attached hydrogen (secondary N) is 1. The van der Waals surface area contributed by atoms with Gasteiger partial charge in [0.25, 0.3) is 0 Å². The fourth-order valence-electron chi connectivity index (χ4n) is 4.88. The Morgan fingerprint density at radius 1 is 1.00 bits per heavy atom. The first-order chi connectivity index (χ1) is 9.96. The minimum atomic E-state index is 0.479. The smallest absolute Gasteiger partial charge is 0.0159 e. The van der Waals surface area contributed by atoms with E-state index in [4.69, 9.17) is 0 Å². The maximum Gasteiger partial charge on any atom is 0.0159 e. The van der Waals surface area contributed by atoms with Crippen LogP contribution in [0.3, 0.4) is 0 Å². The molecule has 2 unspecified atom stereocenters. The van der Waals surface area contributed by atoms with E-state index < -0.39 is 0 Å². The van der Waals surface area contributed by atoms with Crippen LogP contribution in [0.15, 0.2) is 0 Å². The average molecular weight is 295 g/mol. The van der Waals surface area contributed by atoms with Crippen LogP contribution in [0.4, 0.5) is 0 Å². The van der Waals surface area contributed by atoms with Crippen LogP contribution in [0, 0.1) is 16.7 Å². The van der Waals surface area contributed by atoms with E-state index in [2.05, 4.69) is 44.8 Å². The molecular weight excluding hydrogens is 256 g/mol. The summed E-state index contributed by atoms with van der Waals surface area (Å²) in [4.78, 5) is 2.76. The first-order valence-electron chi connectivity index (χ1n) is 9.42. The zero-order valence-electron chi connectivity index (χ0n) is 15.2. The zero-order chi connectivity index (χ0) is 15.5. The molecule has 2 nitrogen and oxygen atoms in total. The molecule has 0 aromatic heterocycles. The van der Waals surface area contributed by atoms with Gasteiger partial charge in [0.2, 0.25) is 0 Å². The van der Waals surface area contributed by atoms with E-state index in [0.717, 1.165) is 12.5 Å². The van der Waals surface area contributed by atoms with Crippen molar-refractivity contribution in [3.05, 3.63) is 0 Å². The van der Waals surface area contributed by atoms with Gasteiger partial charge in [-0.1, -0.05) is 47.5 Å². The van der Waals surface area contributed by atoms with Crippen molar-refractivity contribution in [2.75, 3.05) is 26.2 Å². The van der Waals surface area contributed by atoms with Gasteiger partial charge in [-0.2, -0.15) is 0 Å². The molecule has 1 N–H and O–H groups in total. The molecule has 0 amide bonds. The summed E-state index contributed by atoms with van der Waals surface area (Å²) < 4.78 is 0. The van der Waals surface area contributed by atoms with Gasteiger partial charge in [-0.3, -0.25) is 0 Å². The summed E-state index contributed by atoms with van der Waals surface area (Å²) in [5.74, 6) is 0.857. The molecule has 1 saturated heterocycles. The maximum absolute atomic E-state index is 3.79. The second-order valence-electron chi connectivity index (χ2n) is 8.33. The van der Waals surface area contributed by atoms with E-state index >= 15 is 0 Å². The van der Waals surface area contributed by atoms with Gasteiger partial charge in [0, 0.05) is 12.6 Å². The Bertz CT molecular complexity index is 310. The van der Waals surface area contributed by atoms with Gasteiger partial charge in [0.15, 0.2) is 0 Å². The van der Waals surface area contributed by atoms with Crippen molar-refractivity contribution in [1.82, 2.24) is 10.2 Å². The minimum absolute atomic E-state index is 0.479. The topological polar surface area (TPSA) is 15.3 Å². The molecule has 1 saturated carbocycles. The fourth-order valence-corrected chi connectivity index (χ4v) is 4.88. The molecule has 0 aromatic carbocycles. The number of likely N-dealkylation sites (tertiary alicyclic amines) is 1.